The van der Waals surface area contributed by atoms with Gasteiger partial charge in [0.2, 0.25) is 0 Å². The molecule has 0 saturated heterocycles. The third-order valence-corrected chi connectivity index (χ3v) is 4.71. The maximum atomic E-state index is 5.65. The molecule has 1 aromatic heterocycles. The minimum atomic E-state index is 0.683. The molecule has 0 aliphatic heterocycles. The fraction of sp³-hybridized carbons (Fsp3) is 0.286. The van der Waals surface area contributed by atoms with Crippen molar-refractivity contribution in [1.29, 1.82) is 0 Å². The smallest absolute Gasteiger partial charge is 0.185 e. The average Bonchev–Trinajstić information content (AvgIpc) is 3.04. The van der Waals surface area contributed by atoms with Gasteiger partial charge in [-0.3, -0.25) is 9.47 Å². The van der Waals surface area contributed by atoms with Gasteiger partial charge in [0.15, 0.2) is 4.77 Å². The lowest BCUT2D eigenvalue weighted by molar-refractivity contribution is 0.258. The Kier molecular flexibility index (Phi) is 6.32. The van der Waals surface area contributed by atoms with E-state index < -0.39 is 0 Å². The van der Waals surface area contributed by atoms with E-state index in [1.807, 2.05) is 60.3 Å². The highest BCUT2D eigenvalue weighted by Crippen LogP contribution is 2.17. The van der Waals surface area contributed by atoms with Gasteiger partial charge in [-0.1, -0.05) is 12.1 Å². The number of hydrogen-bond acceptors (Lipinski definition) is 4. The third kappa shape index (κ3) is 4.78. The van der Waals surface area contributed by atoms with Crippen molar-refractivity contribution in [3.63, 3.8) is 0 Å². The monoisotopic (exact) mass is 383 g/mol. The second-order valence-electron chi connectivity index (χ2n) is 6.35. The first-order valence-corrected chi connectivity index (χ1v) is 9.34. The van der Waals surface area contributed by atoms with Crippen molar-refractivity contribution in [2.24, 2.45) is 0 Å². The van der Waals surface area contributed by atoms with Gasteiger partial charge in [-0.15, -0.1) is 0 Å². The zero-order valence-corrected chi connectivity index (χ0v) is 16.8. The molecule has 0 atom stereocenters. The van der Waals surface area contributed by atoms with Crippen LogP contribution < -0.4 is 9.47 Å². The van der Waals surface area contributed by atoms with Crippen molar-refractivity contribution in [2.45, 2.75) is 20.1 Å². The number of imidazole rings is 1. The first-order chi connectivity index (χ1) is 13.1. The Labute approximate surface area is 165 Å². The molecule has 0 saturated carbocycles. The van der Waals surface area contributed by atoms with E-state index in [0.717, 1.165) is 35.2 Å². The summed E-state index contributed by atoms with van der Waals surface area (Å²) in [5, 5.41) is 0. The van der Waals surface area contributed by atoms with Crippen LogP contribution in [0.5, 0.6) is 11.5 Å². The van der Waals surface area contributed by atoms with Gasteiger partial charge in [0.25, 0.3) is 0 Å². The molecule has 6 heteroatoms. The van der Waals surface area contributed by atoms with Crippen molar-refractivity contribution in [1.82, 2.24) is 14.0 Å². The van der Waals surface area contributed by atoms with Crippen LogP contribution >= 0.6 is 12.2 Å². The molecular weight excluding hydrogens is 358 g/mol. The van der Waals surface area contributed by atoms with Gasteiger partial charge in [-0.25, -0.2) is 0 Å². The number of methoxy groups -OCH3 is 1. The minimum absolute atomic E-state index is 0.683. The second kappa shape index (κ2) is 8.88. The highest BCUT2D eigenvalue weighted by atomic mass is 32.1. The van der Waals surface area contributed by atoms with Crippen molar-refractivity contribution in [2.75, 3.05) is 20.8 Å². The summed E-state index contributed by atoms with van der Waals surface area (Å²) in [7, 11) is 3.75. The molecule has 0 radical (unpaired) electrons. The Morgan fingerprint density at radius 1 is 0.963 bits per heavy atom. The number of hydrogen-bond donors (Lipinski definition) is 0. The second-order valence-corrected chi connectivity index (χ2v) is 6.72. The molecule has 0 unspecified atom stereocenters. The number of benzene rings is 2. The van der Waals surface area contributed by atoms with Crippen LogP contribution in [0.3, 0.4) is 0 Å². The Bertz CT molecular complexity index is 914. The summed E-state index contributed by atoms with van der Waals surface area (Å²) in [5.74, 6) is 1.74. The summed E-state index contributed by atoms with van der Waals surface area (Å²) >= 11 is 5.65. The Morgan fingerprint density at radius 2 is 1.63 bits per heavy atom. The summed E-state index contributed by atoms with van der Waals surface area (Å²) in [5.41, 5.74) is 2.26. The molecule has 142 valence electrons. The molecule has 5 nitrogen and oxygen atoms in total. The number of rotatable bonds is 8. The van der Waals surface area contributed by atoms with E-state index in [-0.39, 0.29) is 0 Å². The van der Waals surface area contributed by atoms with Crippen LogP contribution in [0, 0.1) is 4.77 Å². The van der Waals surface area contributed by atoms with Crippen LogP contribution in [0.2, 0.25) is 0 Å². The van der Waals surface area contributed by atoms with Gasteiger partial charge >= 0.3 is 0 Å². The third-order valence-electron chi connectivity index (χ3n) is 4.28. The number of ether oxygens (including phenoxy) is 2. The first kappa shape index (κ1) is 19.2. The van der Waals surface area contributed by atoms with Crippen LogP contribution in [0.25, 0.3) is 5.69 Å². The predicted molar refractivity (Wildman–Crippen MR) is 110 cm³/mol. The molecule has 0 amide bonds. The molecule has 0 fully saturated rings. The standard InChI is InChI=1S/C21H25N3O2S/c1-4-26-20-9-5-17(6-10-20)15-22(2)16-23-13-14-24(21(23)27)18-7-11-19(25-3)12-8-18/h5-14H,4,15-16H2,1-3H3. The zero-order chi connectivity index (χ0) is 19.2. The lowest BCUT2D eigenvalue weighted by Crippen LogP contribution is -2.21. The van der Waals surface area contributed by atoms with Crippen LogP contribution in [0.4, 0.5) is 0 Å². The van der Waals surface area contributed by atoms with E-state index in [1.54, 1.807) is 7.11 Å². The van der Waals surface area contributed by atoms with Gasteiger partial charge in [0.05, 0.1) is 20.4 Å². The Morgan fingerprint density at radius 3 is 2.26 bits per heavy atom. The molecule has 27 heavy (non-hydrogen) atoms. The number of aromatic nitrogens is 2. The van der Waals surface area contributed by atoms with Gasteiger partial charge in [0.1, 0.15) is 11.5 Å². The quantitative estimate of drug-likeness (QED) is 0.536. The molecular formula is C21H25N3O2S. The van der Waals surface area contributed by atoms with Gasteiger partial charge < -0.3 is 14.0 Å². The van der Waals surface area contributed by atoms with E-state index in [1.165, 1.54) is 5.56 Å². The highest BCUT2D eigenvalue weighted by Gasteiger charge is 2.06. The molecule has 0 aliphatic carbocycles. The normalized spacial score (nSPS) is 11.0. The SMILES string of the molecule is CCOc1ccc(CN(C)Cn2ccn(-c3ccc(OC)cc3)c2=S)cc1. The van der Waals surface area contributed by atoms with Crippen molar-refractivity contribution < 1.29 is 9.47 Å². The maximum absolute atomic E-state index is 5.65. The lowest BCUT2D eigenvalue weighted by atomic mass is 10.2. The molecule has 0 N–H and O–H groups in total. The van der Waals surface area contributed by atoms with E-state index in [4.69, 9.17) is 21.7 Å². The summed E-state index contributed by atoms with van der Waals surface area (Å²) in [6, 6.07) is 16.1. The van der Waals surface area contributed by atoms with Gasteiger partial charge in [-0.2, -0.15) is 0 Å². The first-order valence-electron chi connectivity index (χ1n) is 8.93. The molecule has 3 rings (SSSR count). The Balaban J connectivity index is 1.66. The molecule has 0 bridgehead atoms. The van der Waals surface area contributed by atoms with E-state index in [0.29, 0.717) is 6.61 Å². The van der Waals surface area contributed by atoms with E-state index >= 15 is 0 Å². The van der Waals surface area contributed by atoms with Crippen molar-refractivity contribution in [3.05, 3.63) is 71.3 Å². The topological polar surface area (TPSA) is 31.6 Å². The average molecular weight is 384 g/mol. The molecule has 2 aromatic carbocycles. The fourth-order valence-electron chi connectivity index (χ4n) is 2.94. The fourth-order valence-corrected chi connectivity index (χ4v) is 3.22. The molecule has 0 aliphatic rings. The van der Waals surface area contributed by atoms with E-state index in [2.05, 4.69) is 28.6 Å². The van der Waals surface area contributed by atoms with Crippen LogP contribution in [-0.2, 0) is 13.2 Å². The van der Waals surface area contributed by atoms with E-state index in [9.17, 15) is 0 Å². The molecule has 3 aromatic rings. The van der Waals surface area contributed by atoms with Crippen molar-refractivity contribution >= 4 is 12.2 Å². The van der Waals surface area contributed by atoms with Crippen molar-refractivity contribution in [3.8, 4) is 17.2 Å². The van der Waals surface area contributed by atoms with Gasteiger partial charge in [-0.05, 0) is 68.2 Å². The van der Waals surface area contributed by atoms with Crippen LogP contribution in [0.1, 0.15) is 12.5 Å². The van der Waals surface area contributed by atoms with Crippen LogP contribution in [-0.4, -0.2) is 34.8 Å². The maximum Gasteiger partial charge on any atom is 0.185 e. The van der Waals surface area contributed by atoms with Crippen LogP contribution in [0.15, 0.2) is 60.9 Å². The summed E-state index contributed by atoms with van der Waals surface area (Å²) in [6.07, 6.45) is 4.01. The predicted octanol–water partition coefficient (Wildman–Crippen LogP) is 4.51. The summed E-state index contributed by atoms with van der Waals surface area (Å²) < 4.78 is 15.5. The zero-order valence-electron chi connectivity index (χ0n) is 16.0. The Hall–Kier alpha value is -2.57. The molecule has 1 heterocycles. The highest BCUT2D eigenvalue weighted by molar-refractivity contribution is 7.71. The lowest BCUT2D eigenvalue weighted by Gasteiger charge is -2.17. The van der Waals surface area contributed by atoms with Gasteiger partial charge in [0, 0.05) is 24.6 Å². The summed E-state index contributed by atoms with van der Waals surface area (Å²) in [4.78, 5) is 2.23. The minimum Gasteiger partial charge on any atom is -0.497 e. The number of nitrogens with zero attached hydrogens (tertiary/aromatic N) is 3. The largest absolute Gasteiger partial charge is 0.497 e. The summed E-state index contributed by atoms with van der Waals surface area (Å²) in [6.45, 7) is 4.23. The molecule has 0 spiro atoms.